The second kappa shape index (κ2) is 5.07. The minimum absolute atomic E-state index is 0.208. The fourth-order valence-corrected chi connectivity index (χ4v) is 3.46. The van der Waals surface area contributed by atoms with E-state index in [0.29, 0.717) is 5.95 Å². The number of nitrogen functional groups attached to an aromatic ring is 1. The highest BCUT2D eigenvalue weighted by molar-refractivity contribution is 8.00. The Morgan fingerprint density at radius 3 is 2.47 bits per heavy atom. The summed E-state index contributed by atoms with van der Waals surface area (Å²) in [5.41, 5.74) is 8.99. The first-order chi connectivity index (χ1) is 8.98. The molecule has 0 saturated carbocycles. The highest BCUT2D eigenvalue weighted by Crippen LogP contribution is 2.34. The molecule has 0 unspecified atom stereocenters. The number of imidazole rings is 1. The number of thioether (sulfide) groups is 1. The van der Waals surface area contributed by atoms with Crippen molar-refractivity contribution in [3.63, 3.8) is 0 Å². The summed E-state index contributed by atoms with van der Waals surface area (Å²) in [5, 5.41) is 4.43. The zero-order valence-electron chi connectivity index (χ0n) is 12.4. The number of nitrogens with zero attached hydrogens (tertiary/aromatic N) is 4. The maximum absolute atomic E-state index is 6.11. The predicted molar refractivity (Wildman–Crippen MR) is 82.5 cm³/mol. The lowest BCUT2D eigenvalue weighted by atomic mass is 10.0. The molecule has 0 aliphatic heterocycles. The number of rotatable bonds is 5. The van der Waals surface area contributed by atoms with Gasteiger partial charge in [0.05, 0.1) is 5.69 Å². The van der Waals surface area contributed by atoms with Crippen molar-refractivity contribution in [3.8, 4) is 0 Å². The van der Waals surface area contributed by atoms with E-state index >= 15 is 0 Å². The molecule has 0 saturated heterocycles. The van der Waals surface area contributed by atoms with Crippen LogP contribution < -0.4 is 5.73 Å². The van der Waals surface area contributed by atoms with E-state index in [9.17, 15) is 0 Å². The van der Waals surface area contributed by atoms with Gasteiger partial charge in [-0.05, 0) is 26.0 Å². The molecule has 0 atom stereocenters. The summed E-state index contributed by atoms with van der Waals surface area (Å²) in [6, 6.07) is 0. The molecule has 0 bridgehead atoms. The Labute approximate surface area is 118 Å². The molecule has 2 aromatic heterocycles. The first-order valence-corrected chi connectivity index (χ1v) is 7.91. The Hall–Kier alpha value is -1.17. The first kappa shape index (κ1) is 14.2. The lowest BCUT2D eigenvalue weighted by molar-refractivity contribution is 0.471. The average molecular weight is 281 g/mol. The third-order valence-electron chi connectivity index (χ3n) is 4.09. The molecule has 0 aliphatic rings. The summed E-state index contributed by atoms with van der Waals surface area (Å²) in [6.07, 6.45) is 4.40. The third-order valence-corrected chi connectivity index (χ3v) is 5.66. The van der Waals surface area contributed by atoms with E-state index in [1.54, 1.807) is 0 Å². The van der Waals surface area contributed by atoms with Gasteiger partial charge in [0.25, 0.3) is 0 Å². The second-order valence-electron chi connectivity index (χ2n) is 5.03. The number of aromatic nitrogens is 4. The fraction of sp³-hybridized carbons (Fsp3) is 0.692. The van der Waals surface area contributed by atoms with Crippen LogP contribution in [0.3, 0.4) is 0 Å². The number of hydrogen-bond donors (Lipinski definition) is 1. The van der Waals surface area contributed by atoms with Gasteiger partial charge in [0.2, 0.25) is 5.95 Å². The van der Waals surface area contributed by atoms with Crippen LogP contribution in [-0.2, 0) is 13.6 Å². The summed E-state index contributed by atoms with van der Waals surface area (Å²) in [7, 11) is 1.95. The van der Waals surface area contributed by atoms with Crippen LogP contribution >= 0.6 is 11.8 Å². The molecule has 0 fully saturated rings. The molecule has 0 amide bonds. The predicted octanol–water partition coefficient (Wildman–Crippen LogP) is 2.58. The smallest absolute Gasteiger partial charge is 0.202 e. The van der Waals surface area contributed by atoms with E-state index in [-0.39, 0.29) is 4.75 Å². The number of fused-ring (bicyclic) bond motifs is 1. The molecule has 0 spiro atoms. The van der Waals surface area contributed by atoms with Crippen molar-refractivity contribution in [3.05, 3.63) is 5.69 Å². The molecule has 5 nitrogen and oxygen atoms in total. The van der Waals surface area contributed by atoms with Crippen molar-refractivity contribution >= 4 is 28.9 Å². The Bertz CT molecular complexity index is 571. The van der Waals surface area contributed by atoms with Gasteiger partial charge in [0.15, 0.2) is 5.65 Å². The zero-order chi connectivity index (χ0) is 14.2. The molecule has 2 rings (SSSR count). The topological polar surface area (TPSA) is 61.7 Å². The molecule has 19 heavy (non-hydrogen) atoms. The quantitative estimate of drug-likeness (QED) is 0.915. The van der Waals surface area contributed by atoms with E-state index in [4.69, 9.17) is 5.73 Å². The molecule has 0 aromatic carbocycles. The van der Waals surface area contributed by atoms with Crippen molar-refractivity contribution in [2.75, 3.05) is 12.0 Å². The Balaban J connectivity index is 2.53. The van der Waals surface area contributed by atoms with Gasteiger partial charge in [-0.25, -0.2) is 4.98 Å². The van der Waals surface area contributed by atoms with Gasteiger partial charge >= 0.3 is 0 Å². The van der Waals surface area contributed by atoms with Crippen molar-refractivity contribution in [2.45, 2.75) is 44.9 Å². The van der Waals surface area contributed by atoms with Crippen LogP contribution in [0.25, 0.3) is 11.2 Å². The first-order valence-electron chi connectivity index (χ1n) is 6.68. The molecular formula is C13H23N5S. The van der Waals surface area contributed by atoms with Gasteiger partial charge in [0, 0.05) is 18.3 Å². The van der Waals surface area contributed by atoms with E-state index < -0.39 is 0 Å². The van der Waals surface area contributed by atoms with Crippen molar-refractivity contribution in [1.29, 1.82) is 0 Å². The maximum Gasteiger partial charge on any atom is 0.202 e. The SMILES string of the molecule is CCC(CC)(Cn1c(N)nc2c(C)nn(C)c21)SC. The largest absolute Gasteiger partial charge is 0.369 e. The molecule has 2 aromatic rings. The van der Waals surface area contributed by atoms with Crippen LogP contribution in [0.4, 0.5) is 5.95 Å². The van der Waals surface area contributed by atoms with Crippen LogP contribution in [0.1, 0.15) is 32.4 Å². The van der Waals surface area contributed by atoms with E-state index in [1.165, 1.54) is 0 Å². The minimum atomic E-state index is 0.208. The summed E-state index contributed by atoms with van der Waals surface area (Å²) in [4.78, 5) is 4.47. The summed E-state index contributed by atoms with van der Waals surface area (Å²) >= 11 is 1.91. The van der Waals surface area contributed by atoms with Gasteiger partial charge in [-0.2, -0.15) is 16.9 Å². The second-order valence-corrected chi connectivity index (χ2v) is 6.31. The number of hydrogen-bond acceptors (Lipinski definition) is 4. The van der Waals surface area contributed by atoms with Crippen LogP contribution in [-0.4, -0.2) is 30.3 Å². The average Bonchev–Trinajstić information content (AvgIpc) is 2.86. The van der Waals surface area contributed by atoms with Gasteiger partial charge in [-0.3, -0.25) is 9.25 Å². The molecular weight excluding hydrogens is 258 g/mol. The van der Waals surface area contributed by atoms with Crippen LogP contribution in [0.2, 0.25) is 0 Å². The monoisotopic (exact) mass is 281 g/mol. The summed E-state index contributed by atoms with van der Waals surface area (Å²) < 4.78 is 4.20. The number of anilines is 1. The van der Waals surface area contributed by atoms with Crippen LogP contribution in [0, 0.1) is 6.92 Å². The molecule has 2 heterocycles. The van der Waals surface area contributed by atoms with Crippen LogP contribution in [0.5, 0.6) is 0 Å². The van der Waals surface area contributed by atoms with Gasteiger partial charge < -0.3 is 5.73 Å². The maximum atomic E-state index is 6.11. The van der Waals surface area contributed by atoms with E-state index in [2.05, 4.69) is 34.8 Å². The molecule has 6 heteroatoms. The molecule has 0 radical (unpaired) electrons. The van der Waals surface area contributed by atoms with Crippen molar-refractivity contribution in [2.24, 2.45) is 7.05 Å². The minimum Gasteiger partial charge on any atom is -0.369 e. The Kier molecular flexibility index (Phi) is 3.80. The third kappa shape index (κ3) is 2.22. The normalized spacial score (nSPS) is 12.5. The Morgan fingerprint density at radius 2 is 1.95 bits per heavy atom. The number of aryl methyl sites for hydroxylation is 2. The molecule has 106 valence electrons. The van der Waals surface area contributed by atoms with E-state index in [0.717, 1.165) is 36.2 Å². The van der Waals surface area contributed by atoms with Gasteiger partial charge in [-0.15, -0.1) is 0 Å². The van der Waals surface area contributed by atoms with Gasteiger partial charge in [-0.1, -0.05) is 13.8 Å². The van der Waals surface area contributed by atoms with E-state index in [1.807, 2.05) is 30.4 Å². The highest BCUT2D eigenvalue weighted by Gasteiger charge is 2.28. The summed E-state index contributed by atoms with van der Waals surface area (Å²) in [5.74, 6) is 0.589. The molecule has 0 aliphatic carbocycles. The van der Waals surface area contributed by atoms with Crippen molar-refractivity contribution < 1.29 is 0 Å². The fourth-order valence-electron chi connectivity index (χ4n) is 2.62. The number of nitrogens with two attached hydrogens (primary N) is 1. The van der Waals surface area contributed by atoms with Gasteiger partial charge in [0.1, 0.15) is 5.52 Å². The Morgan fingerprint density at radius 1 is 1.32 bits per heavy atom. The lowest BCUT2D eigenvalue weighted by Gasteiger charge is -2.30. The summed E-state index contributed by atoms with van der Waals surface area (Å²) in [6.45, 7) is 7.32. The van der Waals surface area contributed by atoms with Crippen LogP contribution in [0.15, 0.2) is 0 Å². The van der Waals surface area contributed by atoms with Crippen molar-refractivity contribution in [1.82, 2.24) is 19.3 Å². The lowest BCUT2D eigenvalue weighted by Crippen LogP contribution is -2.30. The zero-order valence-corrected chi connectivity index (χ0v) is 13.2. The standard InChI is InChI=1S/C13H23N5S/c1-6-13(7-2,19-5)8-18-11-10(15-12(18)14)9(3)16-17(11)4/h6-8H2,1-5H3,(H2,14,15). The molecule has 2 N–H and O–H groups in total. The highest BCUT2D eigenvalue weighted by atomic mass is 32.2.